The summed E-state index contributed by atoms with van der Waals surface area (Å²) in [6.45, 7) is 2.58. The predicted octanol–water partition coefficient (Wildman–Crippen LogP) is 1.41. The highest BCUT2D eigenvalue weighted by Gasteiger charge is 2.17. The molecule has 2 N–H and O–H groups in total. The van der Waals surface area contributed by atoms with Crippen LogP contribution >= 0.6 is 11.6 Å². The predicted molar refractivity (Wildman–Crippen MR) is 64.1 cm³/mol. The van der Waals surface area contributed by atoms with E-state index in [1.807, 2.05) is 6.92 Å². The Labute approximate surface area is 99.4 Å². The van der Waals surface area contributed by atoms with Crippen LogP contribution < -0.4 is 5.73 Å². The molecule has 16 heavy (non-hydrogen) atoms. The molecule has 0 aromatic carbocycles. The first-order valence-electron chi connectivity index (χ1n) is 4.74. The highest BCUT2D eigenvalue weighted by molar-refractivity contribution is 6.32. The van der Waals surface area contributed by atoms with Gasteiger partial charge in [0.15, 0.2) is 0 Å². The van der Waals surface area contributed by atoms with Gasteiger partial charge in [-0.25, -0.2) is 4.98 Å². The molecule has 0 fully saturated rings. The molecule has 0 spiro atoms. The first-order valence-corrected chi connectivity index (χ1v) is 5.11. The van der Waals surface area contributed by atoms with Crippen LogP contribution in [0, 0.1) is 12.3 Å². The monoisotopic (exact) mass is 237 g/mol. The first-order chi connectivity index (χ1) is 7.60. The second-order valence-corrected chi connectivity index (χ2v) is 3.49. The number of hydrogen-bond donors (Lipinski definition) is 1. The van der Waals surface area contributed by atoms with Crippen molar-refractivity contribution in [3.63, 3.8) is 0 Å². The van der Waals surface area contributed by atoms with Gasteiger partial charge < -0.3 is 10.6 Å². The molecule has 0 bridgehead atoms. The Balaban J connectivity index is 3.03. The maximum absolute atomic E-state index is 12.0. The van der Waals surface area contributed by atoms with Crippen molar-refractivity contribution in [1.29, 1.82) is 0 Å². The lowest BCUT2D eigenvalue weighted by molar-refractivity contribution is 0.0784. The van der Waals surface area contributed by atoms with Gasteiger partial charge in [-0.05, 0) is 13.0 Å². The van der Waals surface area contributed by atoms with E-state index >= 15 is 0 Å². The van der Waals surface area contributed by atoms with Crippen molar-refractivity contribution >= 4 is 23.2 Å². The lowest BCUT2D eigenvalue weighted by Crippen LogP contribution is -2.31. The third-order valence-corrected chi connectivity index (χ3v) is 2.34. The normalized spacial score (nSPS) is 9.56. The smallest absolute Gasteiger partial charge is 0.257 e. The van der Waals surface area contributed by atoms with Crippen molar-refractivity contribution in [3.05, 3.63) is 23.0 Å². The zero-order valence-electron chi connectivity index (χ0n) is 8.90. The maximum atomic E-state index is 12.0. The van der Waals surface area contributed by atoms with Crippen molar-refractivity contribution in [3.8, 4) is 12.3 Å². The number of hydrogen-bond acceptors (Lipinski definition) is 3. The van der Waals surface area contributed by atoms with Crippen LogP contribution in [0.2, 0.25) is 5.15 Å². The van der Waals surface area contributed by atoms with E-state index in [1.54, 1.807) is 0 Å². The molecule has 1 amide bonds. The third-order valence-electron chi connectivity index (χ3n) is 2.04. The molecule has 84 valence electrons. The fourth-order valence-corrected chi connectivity index (χ4v) is 1.41. The van der Waals surface area contributed by atoms with Crippen molar-refractivity contribution in [1.82, 2.24) is 9.88 Å². The number of nitrogen functional groups attached to an aromatic ring is 1. The Kier molecular flexibility index (Phi) is 4.15. The molecule has 0 saturated carbocycles. The number of carbonyl (C=O) groups excluding carboxylic acids is 1. The van der Waals surface area contributed by atoms with Gasteiger partial charge in [-0.2, -0.15) is 0 Å². The topological polar surface area (TPSA) is 59.2 Å². The zero-order chi connectivity index (χ0) is 12.1. The minimum Gasteiger partial charge on any atom is -0.397 e. The Bertz CT molecular complexity index is 439. The van der Waals surface area contributed by atoms with Crippen LogP contribution in [-0.2, 0) is 0 Å². The number of terminal acetylenes is 1. The molecule has 1 heterocycles. The Morgan fingerprint density at radius 3 is 3.00 bits per heavy atom. The van der Waals surface area contributed by atoms with E-state index in [1.165, 1.54) is 17.2 Å². The summed E-state index contributed by atoms with van der Waals surface area (Å²) in [6.07, 6.45) is 6.57. The van der Waals surface area contributed by atoms with E-state index < -0.39 is 0 Å². The summed E-state index contributed by atoms with van der Waals surface area (Å²) in [5.41, 5.74) is 6.22. The SMILES string of the molecule is C#CCN(CC)C(=O)c1cc(N)cnc1Cl. The van der Waals surface area contributed by atoms with Gasteiger partial charge in [0.1, 0.15) is 5.15 Å². The molecule has 0 aliphatic heterocycles. The van der Waals surface area contributed by atoms with Gasteiger partial charge in [0, 0.05) is 6.54 Å². The van der Waals surface area contributed by atoms with Gasteiger partial charge in [-0.1, -0.05) is 17.5 Å². The lowest BCUT2D eigenvalue weighted by Gasteiger charge is -2.18. The Morgan fingerprint density at radius 2 is 2.44 bits per heavy atom. The Hall–Kier alpha value is -1.73. The van der Waals surface area contributed by atoms with E-state index in [-0.39, 0.29) is 23.2 Å². The summed E-state index contributed by atoms with van der Waals surface area (Å²) in [7, 11) is 0. The third kappa shape index (κ3) is 2.65. The molecule has 0 radical (unpaired) electrons. The summed E-state index contributed by atoms with van der Waals surface area (Å²) in [4.78, 5) is 17.3. The number of anilines is 1. The van der Waals surface area contributed by atoms with Crippen LogP contribution in [0.25, 0.3) is 0 Å². The molecule has 0 atom stereocenters. The summed E-state index contributed by atoms with van der Waals surface area (Å²) < 4.78 is 0. The lowest BCUT2D eigenvalue weighted by atomic mass is 10.2. The van der Waals surface area contributed by atoms with Gasteiger partial charge in [-0.3, -0.25) is 4.79 Å². The van der Waals surface area contributed by atoms with E-state index in [2.05, 4.69) is 10.9 Å². The summed E-state index contributed by atoms with van der Waals surface area (Å²) >= 11 is 5.83. The van der Waals surface area contributed by atoms with Gasteiger partial charge in [0.2, 0.25) is 0 Å². The van der Waals surface area contributed by atoms with Crippen LogP contribution in [0.4, 0.5) is 5.69 Å². The second-order valence-electron chi connectivity index (χ2n) is 3.13. The zero-order valence-corrected chi connectivity index (χ0v) is 9.66. The second kappa shape index (κ2) is 5.38. The maximum Gasteiger partial charge on any atom is 0.257 e. The minimum atomic E-state index is -0.259. The molecule has 0 saturated heterocycles. The summed E-state index contributed by atoms with van der Waals surface area (Å²) in [6, 6.07) is 1.50. The number of aromatic nitrogens is 1. The van der Waals surface area contributed by atoms with E-state index in [0.717, 1.165) is 0 Å². The first kappa shape index (κ1) is 12.3. The molecule has 1 aromatic heterocycles. The number of amides is 1. The molecular formula is C11H12ClN3O. The van der Waals surface area contributed by atoms with Gasteiger partial charge in [0.25, 0.3) is 5.91 Å². The fraction of sp³-hybridized carbons (Fsp3) is 0.273. The molecule has 0 unspecified atom stereocenters. The van der Waals surface area contributed by atoms with Crippen LogP contribution in [0.5, 0.6) is 0 Å². The number of nitrogens with zero attached hydrogens (tertiary/aromatic N) is 2. The molecule has 4 nitrogen and oxygen atoms in total. The van der Waals surface area contributed by atoms with Crippen molar-refractivity contribution < 1.29 is 4.79 Å². The van der Waals surface area contributed by atoms with E-state index in [4.69, 9.17) is 23.8 Å². The van der Waals surface area contributed by atoms with Crippen molar-refractivity contribution in [2.24, 2.45) is 0 Å². The van der Waals surface area contributed by atoms with Crippen LogP contribution in [0.15, 0.2) is 12.3 Å². The average molecular weight is 238 g/mol. The standard InChI is InChI=1S/C11H12ClN3O/c1-3-5-15(4-2)11(16)9-6-8(13)7-14-10(9)12/h1,6-7H,4-5,13H2,2H3. The van der Waals surface area contributed by atoms with Gasteiger partial charge in [-0.15, -0.1) is 6.42 Å². The highest BCUT2D eigenvalue weighted by Crippen LogP contribution is 2.17. The number of pyridine rings is 1. The van der Waals surface area contributed by atoms with Crippen molar-refractivity contribution in [2.45, 2.75) is 6.92 Å². The Morgan fingerprint density at radius 1 is 1.75 bits per heavy atom. The van der Waals surface area contributed by atoms with Crippen molar-refractivity contribution in [2.75, 3.05) is 18.8 Å². The largest absolute Gasteiger partial charge is 0.397 e. The molecule has 5 heteroatoms. The van der Waals surface area contributed by atoms with Gasteiger partial charge >= 0.3 is 0 Å². The van der Waals surface area contributed by atoms with E-state index in [9.17, 15) is 4.79 Å². The van der Waals surface area contributed by atoms with Gasteiger partial charge in [0.05, 0.1) is 24.0 Å². The number of rotatable bonds is 3. The molecule has 1 aromatic rings. The summed E-state index contributed by atoms with van der Waals surface area (Å²) in [5, 5.41) is 0.134. The van der Waals surface area contributed by atoms with Crippen LogP contribution in [0.3, 0.4) is 0 Å². The molecule has 1 rings (SSSR count). The number of nitrogens with two attached hydrogens (primary N) is 1. The number of carbonyl (C=O) groups is 1. The fourth-order valence-electron chi connectivity index (χ4n) is 1.22. The van der Waals surface area contributed by atoms with E-state index in [0.29, 0.717) is 12.2 Å². The van der Waals surface area contributed by atoms with Crippen LogP contribution in [0.1, 0.15) is 17.3 Å². The molecule has 0 aliphatic carbocycles. The average Bonchev–Trinajstić information content (AvgIpc) is 2.28. The summed E-state index contributed by atoms with van der Waals surface area (Å²) in [5.74, 6) is 2.15. The minimum absolute atomic E-state index is 0.134. The van der Waals surface area contributed by atoms with Crippen LogP contribution in [-0.4, -0.2) is 28.9 Å². The highest BCUT2D eigenvalue weighted by atomic mass is 35.5. The molecule has 0 aliphatic rings. The quantitative estimate of drug-likeness (QED) is 0.639. The molecular weight excluding hydrogens is 226 g/mol. The number of halogens is 1.